The summed E-state index contributed by atoms with van der Waals surface area (Å²) in [6.07, 6.45) is 9.50. The van der Waals surface area contributed by atoms with Crippen LogP contribution < -0.4 is 0 Å². The Hall–Kier alpha value is -1.17. The number of piperidine rings is 1. The van der Waals surface area contributed by atoms with E-state index in [0.717, 1.165) is 37.7 Å². The molecule has 1 saturated heterocycles. The van der Waals surface area contributed by atoms with Crippen molar-refractivity contribution in [2.45, 2.75) is 64.2 Å². The fourth-order valence-electron chi connectivity index (χ4n) is 4.41. The van der Waals surface area contributed by atoms with Gasteiger partial charge in [-0.15, -0.1) is 0 Å². The average molecular weight is 351 g/mol. The molecule has 1 aliphatic heterocycles. The Labute approximate surface area is 149 Å². The second kappa shape index (κ2) is 7.81. The van der Waals surface area contributed by atoms with E-state index in [1.807, 2.05) is 11.6 Å². The molecule has 1 amide bonds. The number of aromatic nitrogens is 3. The van der Waals surface area contributed by atoms with E-state index >= 15 is 0 Å². The van der Waals surface area contributed by atoms with E-state index < -0.39 is 0 Å². The summed E-state index contributed by atoms with van der Waals surface area (Å²) in [5.74, 6) is 2.87. The zero-order valence-corrected chi connectivity index (χ0v) is 15.8. The van der Waals surface area contributed by atoms with Gasteiger partial charge >= 0.3 is 0 Å². The molecule has 5 nitrogen and oxygen atoms in total. The number of aromatic amines is 1. The zero-order valence-electron chi connectivity index (χ0n) is 15.0. The summed E-state index contributed by atoms with van der Waals surface area (Å²) in [6.45, 7) is 3.94. The summed E-state index contributed by atoms with van der Waals surface area (Å²) in [4.78, 5) is 14.8. The zero-order chi connectivity index (χ0) is 17.1. The standard InChI is InChI=1S/C18H30N4OS/c1-13(14-7-4-3-5-8-14)11-16(23)22-10-6-9-15(12-22)17-19-20-18(24)21(17)2/h13-15H,3-12H2,1-2H3,(H,20,24)/t13-,15+/m0/s1. The number of likely N-dealkylation sites (tertiary alicyclic amines) is 1. The van der Waals surface area contributed by atoms with Crippen LogP contribution in [0.4, 0.5) is 0 Å². The lowest BCUT2D eigenvalue weighted by molar-refractivity contribution is -0.133. The Morgan fingerprint density at radius 2 is 2.04 bits per heavy atom. The van der Waals surface area contributed by atoms with Crippen LogP contribution in [0.25, 0.3) is 0 Å². The summed E-state index contributed by atoms with van der Waals surface area (Å²) in [7, 11) is 1.95. The average Bonchev–Trinajstić information content (AvgIpc) is 2.95. The van der Waals surface area contributed by atoms with Gasteiger partial charge in [-0.25, -0.2) is 0 Å². The SMILES string of the molecule is C[C@@H](CC(=O)N1CCC[C@@H](c2n[nH]c(=S)n2C)C1)C1CCCCC1. The maximum atomic E-state index is 12.8. The summed E-state index contributed by atoms with van der Waals surface area (Å²) in [5.41, 5.74) is 0. The third-order valence-corrected chi connectivity index (χ3v) is 6.37. The Kier molecular flexibility index (Phi) is 5.74. The van der Waals surface area contributed by atoms with Crippen LogP contribution in [-0.2, 0) is 11.8 Å². The third kappa shape index (κ3) is 3.90. The smallest absolute Gasteiger partial charge is 0.222 e. The highest BCUT2D eigenvalue weighted by atomic mass is 32.1. The highest BCUT2D eigenvalue weighted by molar-refractivity contribution is 7.71. The molecular weight excluding hydrogens is 320 g/mol. The van der Waals surface area contributed by atoms with E-state index in [9.17, 15) is 4.79 Å². The molecule has 1 aromatic heterocycles. The lowest BCUT2D eigenvalue weighted by Crippen LogP contribution is -2.40. The predicted octanol–water partition coefficient (Wildman–Crippen LogP) is 3.79. The van der Waals surface area contributed by atoms with Crippen LogP contribution >= 0.6 is 12.2 Å². The lowest BCUT2D eigenvalue weighted by Gasteiger charge is -2.34. The van der Waals surface area contributed by atoms with Crippen molar-refractivity contribution in [2.75, 3.05) is 13.1 Å². The molecular formula is C18H30N4OS. The number of nitrogens with one attached hydrogen (secondary N) is 1. The highest BCUT2D eigenvalue weighted by Gasteiger charge is 2.29. The Morgan fingerprint density at radius 1 is 1.29 bits per heavy atom. The fourth-order valence-corrected chi connectivity index (χ4v) is 4.55. The maximum absolute atomic E-state index is 12.8. The minimum Gasteiger partial charge on any atom is -0.342 e. The Balaban J connectivity index is 1.58. The van der Waals surface area contributed by atoms with Crippen molar-refractivity contribution in [3.63, 3.8) is 0 Å². The van der Waals surface area contributed by atoms with Gasteiger partial charge in [0.2, 0.25) is 5.91 Å². The second-order valence-corrected chi connectivity index (χ2v) is 8.09. The van der Waals surface area contributed by atoms with Gasteiger partial charge in [0.15, 0.2) is 4.77 Å². The van der Waals surface area contributed by atoms with Gasteiger partial charge in [0.05, 0.1) is 0 Å². The van der Waals surface area contributed by atoms with Crippen molar-refractivity contribution in [1.82, 2.24) is 19.7 Å². The normalized spacial score (nSPS) is 24.1. The van der Waals surface area contributed by atoms with E-state index in [4.69, 9.17) is 12.2 Å². The van der Waals surface area contributed by atoms with E-state index in [2.05, 4.69) is 22.0 Å². The monoisotopic (exact) mass is 350 g/mol. The molecule has 0 aromatic carbocycles. The largest absolute Gasteiger partial charge is 0.342 e. The molecule has 1 N–H and O–H groups in total. The van der Waals surface area contributed by atoms with Crippen LogP contribution in [0.5, 0.6) is 0 Å². The molecule has 24 heavy (non-hydrogen) atoms. The number of carbonyl (C=O) groups is 1. The Morgan fingerprint density at radius 3 is 2.71 bits per heavy atom. The van der Waals surface area contributed by atoms with Crippen molar-refractivity contribution in [2.24, 2.45) is 18.9 Å². The van der Waals surface area contributed by atoms with E-state index in [0.29, 0.717) is 28.9 Å². The van der Waals surface area contributed by atoms with Gasteiger partial charge in [-0.3, -0.25) is 9.89 Å². The number of hydrogen-bond donors (Lipinski definition) is 1. The van der Waals surface area contributed by atoms with E-state index in [1.54, 1.807) is 0 Å². The van der Waals surface area contributed by atoms with Crippen LogP contribution in [0, 0.1) is 16.6 Å². The molecule has 1 saturated carbocycles. The minimum atomic E-state index is 0.297. The van der Waals surface area contributed by atoms with Crippen molar-refractivity contribution in [1.29, 1.82) is 0 Å². The minimum absolute atomic E-state index is 0.297. The number of rotatable bonds is 4. The molecule has 0 bridgehead atoms. The van der Waals surface area contributed by atoms with Gasteiger partial charge in [0, 0.05) is 32.5 Å². The molecule has 1 aliphatic carbocycles. The molecule has 2 fully saturated rings. The number of hydrogen-bond acceptors (Lipinski definition) is 3. The first-order valence-electron chi connectivity index (χ1n) is 9.45. The first-order chi connectivity index (χ1) is 11.6. The van der Waals surface area contributed by atoms with E-state index in [1.165, 1.54) is 32.1 Å². The van der Waals surface area contributed by atoms with Crippen molar-refractivity contribution < 1.29 is 4.79 Å². The van der Waals surface area contributed by atoms with Crippen molar-refractivity contribution in [3.8, 4) is 0 Å². The molecule has 1 aromatic rings. The number of carbonyl (C=O) groups excluding carboxylic acids is 1. The molecule has 0 unspecified atom stereocenters. The number of nitrogens with zero attached hydrogens (tertiary/aromatic N) is 3. The highest BCUT2D eigenvalue weighted by Crippen LogP contribution is 2.32. The van der Waals surface area contributed by atoms with Crippen LogP contribution in [-0.4, -0.2) is 38.7 Å². The van der Waals surface area contributed by atoms with Crippen molar-refractivity contribution >= 4 is 18.1 Å². The van der Waals surface area contributed by atoms with Crippen molar-refractivity contribution in [3.05, 3.63) is 10.6 Å². The predicted molar refractivity (Wildman–Crippen MR) is 97.3 cm³/mol. The summed E-state index contributed by atoms with van der Waals surface area (Å²) in [5, 5.41) is 7.24. The van der Waals surface area contributed by atoms with Crippen LogP contribution in [0.2, 0.25) is 0 Å². The fraction of sp³-hybridized carbons (Fsp3) is 0.833. The second-order valence-electron chi connectivity index (χ2n) is 7.70. The first kappa shape index (κ1) is 17.6. The molecule has 6 heteroatoms. The molecule has 134 valence electrons. The molecule has 0 radical (unpaired) electrons. The van der Waals surface area contributed by atoms with Gasteiger partial charge in [-0.05, 0) is 36.9 Å². The van der Waals surface area contributed by atoms with E-state index in [-0.39, 0.29) is 0 Å². The van der Waals surface area contributed by atoms with Crippen LogP contribution in [0.1, 0.15) is 70.0 Å². The topological polar surface area (TPSA) is 53.9 Å². The van der Waals surface area contributed by atoms with Gasteiger partial charge in [0.25, 0.3) is 0 Å². The van der Waals surface area contributed by atoms with Crippen LogP contribution in [0.15, 0.2) is 0 Å². The van der Waals surface area contributed by atoms with Gasteiger partial charge in [-0.1, -0.05) is 39.0 Å². The third-order valence-electron chi connectivity index (χ3n) is 6.00. The van der Waals surface area contributed by atoms with Gasteiger partial charge in [-0.2, -0.15) is 5.10 Å². The quantitative estimate of drug-likeness (QED) is 0.841. The Bertz CT molecular complexity index is 617. The summed E-state index contributed by atoms with van der Waals surface area (Å²) >= 11 is 5.22. The molecule has 0 spiro atoms. The lowest BCUT2D eigenvalue weighted by atomic mass is 9.79. The molecule has 2 aliphatic rings. The summed E-state index contributed by atoms with van der Waals surface area (Å²) in [6, 6.07) is 0. The van der Waals surface area contributed by atoms with Crippen LogP contribution in [0.3, 0.4) is 0 Å². The van der Waals surface area contributed by atoms with Gasteiger partial charge < -0.3 is 9.47 Å². The molecule has 2 heterocycles. The number of amides is 1. The first-order valence-corrected chi connectivity index (χ1v) is 9.86. The van der Waals surface area contributed by atoms with Gasteiger partial charge in [0.1, 0.15) is 5.82 Å². The molecule has 3 rings (SSSR count). The molecule has 2 atom stereocenters. The summed E-state index contributed by atoms with van der Waals surface area (Å²) < 4.78 is 2.60. The number of H-pyrrole nitrogens is 1. The maximum Gasteiger partial charge on any atom is 0.222 e.